The highest BCUT2D eigenvalue weighted by Gasteiger charge is 2.23. The fraction of sp³-hybridized carbons (Fsp3) is 0.833. The quantitative estimate of drug-likeness (QED) is 0.677. The molecular weight excluding hydrogens is 172 g/mol. The lowest BCUT2D eigenvalue weighted by molar-refractivity contribution is 0.139. The first-order valence-electron chi connectivity index (χ1n) is 5.86. The first kappa shape index (κ1) is 11.7. The van der Waals surface area contributed by atoms with Gasteiger partial charge < -0.3 is 10.2 Å². The van der Waals surface area contributed by atoms with Gasteiger partial charge in [0.15, 0.2) is 0 Å². The van der Waals surface area contributed by atoms with Crippen molar-refractivity contribution in [2.75, 3.05) is 19.6 Å². The van der Waals surface area contributed by atoms with Crippen LogP contribution in [0.3, 0.4) is 0 Å². The second kappa shape index (κ2) is 6.20. The van der Waals surface area contributed by atoms with Crippen LogP contribution < -0.4 is 5.32 Å². The van der Waals surface area contributed by atoms with Gasteiger partial charge in [0.25, 0.3) is 0 Å². The van der Waals surface area contributed by atoms with Crippen LogP contribution in [0.15, 0.2) is 12.7 Å². The summed E-state index contributed by atoms with van der Waals surface area (Å²) in [7, 11) is 0. The largest absolute Gasteiger partial charge is 0.314 e. The maximum atomic E-state index is 3.78. The first-order chi connectivity index (χ1) is 6.77. The topological polar surface area (TPSA) is 15.3 Å². The molecule has 0 bridgehead atoms. The summed E-state index contributed by atoms with van der Waals surface area (Å²) in [5.74, 6) is 0. The molecule has 0 aromatic carbocycles. The van der Waals surface area contributed by atoms with E-state index in [2.05, 4.69) is 30.6 Å². The van der Waals surface area contributed by atoms with E-state index in [1.165, 1.54) is 25.9 Å². The molecule has 2 atom stereocenters. The van der Waals surface area contributed by atoms with Crippen molar-refractivity contribution in [3.05, 3.63) is 12.7 Å². The zero-order valence-corrected chi connectivity index (χ0v) is 9.63. The Morgan fingerprint density at radius 1 is 1.57 bits per heavy atom. The summed E-state index contributed by atoms with van der Waals surface area (Å²) in [6, 6.07) is 1.47. The van der Waals surface area contributed by atoms with Gasteiger partial charge >= 0.3 is 0 Å². The maximum absolute atomic E-state index is 3.78. The third kappa shape index (κ3) is 3.43. The zero-order valence-electron chi connectivity index (χ0n) is 9.63. The van der Waals surface area contributed by atoms with Gasteiger partial charge in [-0.1, -0.05) is 13.0 Å². The van der Waals surface area contributed by atoms with Gasteiger partial charge in [0.05, 0.1) is 0 Å². The van der Waals surface area contributed by atoms with Crippen LogP contribution in [0.1, 0.15) is 33.1 Å². The van der Waals surface area contributed by atoms with Crippen LogP contribution in [0.25, 0.3) is 0 Å². The summed E-state index contributed by atoms with van der Waals surface area (Å²) in [6.45, 7) is 11.8. The smallest absolute Gasteiger partial charge is 0.00939 e. The van der Waals surface area contributed by atoms with E-state index < -0.39 is 0 Å². The predicted molar refractivity (Wildman–Crippen MR) is 62.5 cm³/mol. The van der Waals surface area contributed by atoms with Gasteiger partial charge in [-0.25, -0.2) is 0 Å². The lowest BCUT2D eigenvalue weighted by Gasteiger charge is -2.37. The second-order valence-electron chi connectivity index (χ2n) is 4.24. The van der Waals surface area contributed by atoms with E-state index in [1.54, 1.807) is 0 Å². The Balaban J connectivity index is 2.28. The highest BCUT2D eigenvalue weighted by Crippen LogP contribution is 2.17. The van der Waals surface area contributed by atoms with Crippen molar-refractivity contribution in [2.24, 2.45) is 0 Å². The molecule has 1 aliphatic rings. The molecule has 0 aromatic heterocycles. The van der Waals surface area contributed by atoms with Crippen LogP contribution in [-0.4, -0.2) is 36.6 Å². The third-order valence-corrected chi connectivity index (χ3v) is 3.13. The molecule has 0 spiro atoms. The average molecular weight is 196 g/mol. The molecule has 2 unspecified atom stereocenters. The van der Waals surface area contributed by atoms with Crippen molar-refractivity contribution in [1.29, 1.82) is 0 Å². The van der Waals surface area contributed by atoms with E-state index in [1.807, 2.05) is 6.08 Å². The number of hydrogen-bond donors (Lipinski definition) is 1. The molecule has 1 saturated heterocycles. The van der Waals surface area contributed by atoms with Crippen molar-refractivity contribution in [3.8, 4) is 0 Å². The molecule has 2 nitrogen and oxygen atoms in total. The Hall–Kier alpha value is -0.340. The Morgan fingerprint density at radius 3 is 2.93 bits per heavy atom. The van der Waals surface area contributed by atoms with Crippen molar-refractivity contribution in [1.82, 2.24) is 10.2 Å². The molecule has 0 amide bonds. The van der Waals surface area contributed by atoms with Crippen LogP contribution in [0.4, 0.5) is 0 Å². The first-order valence-corrected chi connectivity index (χ1v) is 5.86. The average Bonchev–Trinajstić information content (AvgIpc) is 2.17. The minimum absolute atomic E-state index is 0.729. The fourth-order valence-electron chi connectivity index (χ4n) is 2.28. The standard InChI is InChI=1S/C12H24N2/c1-4-6-8-14-9-7-12(13-5-2)10-11(14)3/h4,11-13H,1,5-10H2,2-3H3. The Bertz CT molecular complexity index is 168. The van der Waals surface area contributed by atoms with E-state index in [9.17, 15) is 0 Å². The Labute approximate surface area is 88.4 Å². The van der Waals surface area contributed by atoms with Crippen LogP contribution in [-0.2, 0) is 0 Å². The predicted octanol–water partition coefficient (Wildman–Crippen LogP) is 2.02. The SMILES string of the molecule is C=CCCN1CCC(NCC)CC1C. The van der Waals surface area contributed by atoms with Gasteiger partial charge in [0.2, 0.25) is 0 Å². The van der Waals surface area contributed by atoms with E-state index in [0.29, 0.717) is 0 Å². The number of rotatable bonds is 5. The molecule has 0 radical (unpaired) electrons. The van der Waals surface area contributed by atoms with Crippen LogP contribution in [0.2, 0.25) is 0 Å². The van der Waals surface area contributed by atoms with Gasteiger partial charge in [-0.05, 0) is 39.3 Å². The van der Waals surface area contributed by atoms with Gasteiger partial charge in [0.1, 0.15) is 0 Å². The molecule has 1 rings (SSSR count). The van der Waals surface area contributed by atoms with E-state index in [0.717, 1.165) is 25.0 Å². The van der Waals surface area contributed by atoms with Gasteiger partial charge in [-0.2, -0.15) is 0 Å². The van der Waals surface area contributed by atoms with Crippen LogP contribution in [0.5, 0.6) is 0 Å². The van der Waals surface area contributed by atoms with E-state index in [-0.39, 0.29) is 0 Å². The summed E-state index contributed by atoms with van der Waals surface area (Å²) >= 11 is 0. The summed E-state index contributed by atoms with van der Waals surface area (Å²) in [4.78, 5) is 2.58. The number of likely N-dealkylation sites (tertiary alicyclic amines) is 1. The Morgan fingerprint density at radius 2 is 2.36 bits per heavy atom. The lowest BCUT2D eigenvalue weighted by atomic mass is 9.98. The highest BCUT2D eigenvalue weighted by atomic mass is 15.2. The molecule has 0 aromatic rings. The number of nitrogens with zero attached hydrogens (tertiary/aromatic N) is 1. The van der Waals surface area contributed by atoms with Crippen LogP contribution >= 0.6 is 0 Å². The van der Waals surface area contributed by atoms with Crippen molar-refractivity contribution in [2.45, 2.75) is 45.2 Å². The summed E-state index contributed by atoms with van der Waals surface area (Å²) in [5.41, 5.74) is 0. The maximum Gasteiger partial charge on any atom is 0.00939 e. The minimum Gasteiger partial charge on any atom is -0.314 e. The van der Waals surface area contributed by atoms with Crippen molar-refractivity contribution >= 4 is 0 Å². The molecule has 1 fully saturated rings. The monoisotopic (exact) mass is 196 g/mol. The third-order valence-electron chi connectivity index (χ3n) is 3.13. The molecule has 82 valence electrons. The molecule has 0 aliphatic carbocycles. The number of piperidine rings is 1. The van der Waals surface area contributed by atoms with Crippen LogP contribution in [0, 0.1) is 0 Å². The summed E-state index contributed by atoms with van der Waals surface area (Å²) in [5, 5.41) is 3.54. The fourth-order valence-corrected chi connectivity index (χ4v) is 2.28. The number of nitrogens with one attached hydrogen (secondary N) is 1. The molecular formula is C12H24N2. The molecule has 0 saturated carbocycles. The molecule has 1 heterocycles. The normalized spacial score (nSPS) is 29.0. The molecule has 14 heavy (non-hydrogen) atoms. The molecule has 1 aliphatic heterocycles. The number of hydrogen-bond acceptors (Lipinski definition) is 2. The second-order valence-corrected chi connectivity index (χ2v) is 4.24. The summed E-state index contributed by atoms with van der Waals surface area (Å²) < 4.78 is 0. The molecule has 2 heteroatoms. The van der Waals surface area contributed by atoms with Crippen molar-refractivity contribution in [3.63, 3.8) is 0 Å². The molecule has 1 N–H and O–H groups in total. The Kier molecular flexibility index (Phi) is 5.20. The summed E-state index contributed by atoms with van der Waals surface area (Å²) in [6.07, 6.45) is 5.74. The van der Waals surface area contributed by atoms with Gasteiger partial charge in [-0.3, -0.25) is 0 Å². The van der Waals surface area contributed by atoms with E-state index >= 15 is 0 Å². The van der Waals surface area contributed by atoms with Gasteiger partial charge in [-0.15, -0.1) is 6.58 Å². The van der Waals surface area contributed by atoms with Gasteiger partial charge in [0, 0.05) is 18.6 Å². The van der Waals surface area contributed by atoms with Crippen molar-refractivity contribution < 1.29 is 0 Å². The lowest BCUT2D eigenvalue weighted by Crippen LogP contribution is -2.47. The van der Waals surface area contributed by atoms with E-state index in [4.69, 9.17) is 0 Å². The highest BCUT2D eigenvalue weighted by molar-refractivity contribution is 4.83. The zero-order chi connectivity index (χ0) is 10.4. The minimum atomic E-state index is 0.729.